The topological polar surface area (TPSA) is 57.7 Å². The number of sulfone groups is 1. The molecule has 1 saturated heterocycles. The molecule has 0 saturated carbocycles. The lowest BCUT2D eigenvalue weighted by Gasteiger charge is -2.30. The average molecular weight is 367 g/mol. The third-order valence-electron chi connectivity index (χ3n) is 4.88. The van der Waals surface area contributed by atoms with Crippen LogP contribution in [-0.4, -0.2) is 60.8 Å². The molecule has 6 heteroatoms. The molecule has 1 fully saturated rings. The number of benzene rings is 1. The summed E-state index contributed by atoms with van der Waals surface area (Å²) < 4.78 is 23.4. The Bertz CT molecular complexity index is 659. The Morgan fingerprint density at radius 1 is 1.24 bits per heavy atom. The van der Waals surface area contributed by atoms with Crippen LogP contribution in [0.2, 0.25) is 0 Å². The molecule has 0 aliphatic carbocycles. The third-order valence-corrected chi connectivity index (χ3v) is 6.63. The lowest BCUT2D eigenvalue weighted by molar-refractivity contribution is -0.133. The number of nitrogens with zero attached hydrogens (tertiary/aromatic N) is 2. The zero-order valence-corrected chi connectivity index (χ0v) is 16.3. The van der Waals surface area contributed by atoms with Gasteiger partial charge in [-0.2, -0.15) is 0 Å². The Morgan fingerprint density at radius 3 is 2.44 bits per heavy atom. The molecule has 0 N–H and O–H groups in total. The van der Waals surface area contributed by atoms with Gasteiger partial charge in [0.1, 0.15) is 0 Å². The van der Waals surface area contributed by atoms with Gasteiger partial charge in [-0.3, -0.25) is 9.69 Å². The van der Waals surface area contributed by atoms with Gasteiger partial charge in [-0.25, -0.2) is 8.42 Å². The van der Waals surface area contributed by atoms with Gasteiger partial charge in [0, 0.05) is 38.1 Å². The molecule has 1 aromatic rings. The zero-order chi connectivity index (χ0) is 18.4. The van der Waals surface area contributed by atoms with Crippen molar-refractivity contribution >= 4 is 15.7 Å². The molecule has 1 amide bonds. The molecular formula is C19H30N2O3S. The fourth-order valence-corrected chi connectivity index (χ4v) is 5.11. The summed E-state index contributed by atoms with van der Waals surface area (Å²) in [6.45, 7) is 8.26. The number of carbonyl (C=O) groups is 1. The molecule has 0 aromatic heterocycles. The van der Waals surface area contributed by atoms with Crippen molar-refractivity contribution in [1.29, 1.82) is 0 Å². The van der Waals surface area contributed by atoms with Crippen molar-refractivity contribution in [3.63, 3.8) is 0 Å². The maximum absolute atomic E-state index is 12.7. The Hall–Kier alpha value is -1.40. The van der Waals surface area contributed by atoms with Crippen molar-refractivity contribution in [2.45, 2.75) is 52.2 Å². The highest BCUT2D eigenvalue weighted by atomic mass is 32.2. The normalized spacial score (nSPS) is 19.5. The molecular weight excluding hydrogens is 336 g/mol. The van der Waals surface area contributed by atoms with Crippen molar-refractivity contribution < 1.29 is 13.2 Å². The van der Waals surface area contributed by atoms with Crippen molar-refractivity contribution in [2.75, 3.05) is 24.6 Å². The fraction of sp³-hybridized carbons (Fsp3) is 0.632. The van der Waals surface area contributed by atoms with E-state index in [0.29, 0.717) is 32.0 Å². The van der Waals surface area contributed by atoms with Crippen LogP contribution in [0.25, 0.3) is 0 Å². The zero-order valence-electron chi connectivity index (χ0n) is 15.5. The van der Waals surface area contributed by atoms with Crippen molar-refractivity contribution in [3.05, 3.63) is 35.9 Å². The first-order valence-electron chi connectivity index (χ1n) is 9.10. The van der Waals surface area contributed by atoms with E-state index in [0.717, 1.165) is 6.54 Å². The second-order valence-corrected chi connectivity index (χ2v) is 9.27. The van der Waals surface area contributed by atoms with Gasteiger partial charge >= 0.3 is 0 Å². The van der Waals surface area contributed by atoms with Gasteiger partial charge in [0.25, 0.3) is 0 Å². The van der Waals surface area contributed by atoms with Crippen LogP contribution in [0.4, 0.5) is 0 Å². The minimum atomic E-state index is -2.97. The second-order valence-electron chi connectivity index (χ2n) is 7.04. The van der Waals surface area contributed by atoms with E-state index in [9.17, 15) is 13.2 Å². The number of amides is 1. The molecule has 2 rings (SSSR count). The van der Waals surface area contributed by atoms with E-state index in [2.05, 4.69) is 30.9 Å². The highest BCUT2D eigenvalue weighted by molar-refractivity contribution is 7.91. The first kappa shape index (κ1) is 19.9. The van der Waals surface area contributed by atoms with Crippen LogP contribution in [0.5, 0.6) is 0 Å². The minimum absolute atomic E-state index is 0.0586. The monoisotopic (exact) mass is 366 g/mol. The minimum Gasteiger partial charge on any atom is -0.339 e. The Labute approximate surface area is 151 Å². The van der Waals surface area contributed by atoms with Gasteiger partial charge in [-0.1, -0.05) is 30.3 Å². The predicted molar refractivity (Wildman–Crippen MR) is 101 cm³/mol. The average Bonchev–Trinajstić information content (AvgIpc) is 2.92. The van der Waals surface area contributed by atoms with Crippen molar-refractivity contribution in [3.8, 4) is 0 Å². The fourth-order valence-electron chi connectivity index (χ4n) is 3.38. The molecule has 1 unspecified atom stereocenters. The standard InChI is InChI=1S/C19H30N2O3S/c1-4-21(18-11-13-25(23,24)15-18)19(22)10-12-20(16(2)3)14-17-8-6-5-7-9-17/h5-9,16,18H,4,10-15H2,1-3H3. The van der Waals surface area contributed by atoms with E-state index in [1.807, 2.05) is 25.1 Å². The SMILES string of the molecule is CCN(C(=O)CCN(Cc1ccccc1)C(C)C)C1CCS(=O)(=O)C1. The van der Waals surface area contributed by atoms with Gasteiger partial charge in [0.15, 0.2) is 9.84 Å². The molecule has 1 atom stereocenters. The highest BCUT2D eigenvalue weighted by Gasteiger charge is 2.33. The van der Waals surface area contributed by atoms with Crippen LogP contribution >= 0.6 is 0 Å². The third kappa shape index (κ3) is 5.82. The summed E-state index contributed by atoms with van der Waals surface area (Å²) in [5, 5.41) is 0. The van der Waals surface area contributed by atoms with Gasteiger partial charge in [0.05, 0.1) is 11.5 Å². The summed E-state index contributed by atoms with van der Waals surface area (Å²) >= 11 is 0. The van der Waals surface area contributed by atoms with E-state index in [1.54, 1.807) is 4.90 Å². The van der Waals surface area contributed by atoms with E-state index in [4.69, 9.17) is 0 Å². The first-order valence-corrected chi connectivity index (χ1v) is 10.9. The molecule has 1 aliphatic heterocycles. The molecule has 1 heterocycles. The van der Waals surface area contributed by atoms with Gasteiger partial charge in [-0.05, 0) is 32.8 Å². The Balaban J connectivity index is 1.93. The summed E-state index contributed by atoms with van der Waals surface area (Å²) in [4.78, 5) is 16.7. The van der Waals surface area contributed by atoms with Crippen LogP contribution in [0.15, 0.2) is 30.3 Å². The first-order chi connectivity index (χ1) is 11.8. The predicted octanol–water partition coefficient (Wildman–Crippen LogP) is 2.32. The van der Waals surface area contributed by atoms with Gasteiger partial charge in [0.2, 0.25) is 5.91 Å². The molecule has 140 valence electrons. The summed E-state index contributed by atoms with van der Waals surface area (Å²) in [6.07, 6.45) is 0.995. The smallest absolute Gasteiger partial charge is 0.224 e. The molecule has 1 aliphatic rings. The second kappa shape index (κ2) is 8.81. The van der Waals surface area contributed by atoms with Crippen LogP contribution < -0.4 is 0 Å². The van der Waals surface area contributed by atoms with Crippen LogP contribution in [0.1, 0.15) is 39.2 Å². The van der Waals surface area contributed by atoms with E-state index >= 15 is 0 Å². The quantitative estimate of drug-likeness (QED) is 0.708. The van der Waals surface area contributed by atoms with E-state index in [-0.39, 0.29) is 23.5 Å². The molecule has 0 radical (unpaired) electrons. The summed E-state index contributed by atoms with van der Waals surface area (Å²) in [5.74, 6) is 0.376. The Morgan fingerprint density at radius 2 is 1.92 bits per heavy atom. The lowest BCUT2D eigenvalue weighted by Crippen LogP contribution is -2.43. The molecule has 5 nitrogen and oxygen atoms in total. The van der Waals surface area contributed by atoms with E-state index in [1.165, 1.54) is 5.56 Å². The van der Waals surface area contributed by atoms with Crippen molar-refractivity contribution in [2.24, 2.45) is 0 Å². The largest absolute Gasteiger partial charge is 0.339 e. The Kier molecular flexibility index (Phi) is 7.02. The molecule has 0 bridgehead atoms. The molecule has 0 spiro atoms. The van der Waals surface area contributed by atoms with Gasteiger partial charge < -0.3 is 4.90 Å². The maximum atomic E-state index is 12.7. The lowest BCUT2D eigenvalue weighted by atomic mass is 10.1. The van der Waals surface area contributed by atoms with Crippen LogP contribution in [0, 0.1) is 0 Å². The number of hydrogen-bond donors (Lipinski definition) is 0. The molecule has 25 heavy (non-hydrogen) atoms. The van der Waals surface area contributed by atoms with Crippen molar-refractivity contribution in [1.82, 2.24) is 9.80 Å². The summed E-state index contributed by atoms with van der Waals surface area (Å²) in [6, 6.07) is 10.4. The van der Waals surface area contributed by atoms with Crippen LogP contribution in [-0.2, 0) is 21.2 Å². The number of rotatable bonds is 8. The number of hydrogen-bond acceptors (Lipinski definition) is 4. The highest BCUT2D eigenvalue weighted by Crippen LogP contribution is 2.19. The summed E-state index contributed by atoms with van der Waals surface area (Å²) in [7, 11) is -2.97. The number of carbonyl (C=O) groups excluding carboxylic acids is 1. The summed E-state index contributed by atoms with van der Waals surface area (Å²) in [5.41, 5.74) is 1.23. The van der Waals surface area contributed by atoms with Crippen LogP contribution in [0.3, 0.4) is 0 Å². The van der Waals surface area contributed by atoms with Gasteiger partial charge in [-0.15, -0.1) is 0 Å². The maximum Gasteiger partial charge on any atom is 0.224 e. The molecule has 1 aromatic carbocycles. The van der Waals surface area contributed by atoms with E-state index < -0.39 is 9.84 Å².